The van der Waals surface area contributed by atoms with Crippen LogP contribution in [0.4, 0.5) is 4.39 Å². The van der Waals surface area contributed by atoms with E-state index in [1.807, 2.05) is 83.1 Å². The number of aryl methyl sites for hydroxylation is 2. The second kappa shape index (κ2) is 11.3. The van der Waals surface area contributed by atoms with Crippen LogP contribution in [0.25, 0.3) is 0 Å². The molecule has 0 aliphatic rings. The fourth-order valence-electron chi connectivity index (χ4n) is 3.98. The molecule has 35 heavy (non-hydrogen) atoms. The van der Waals surface area contributed by atoms with Gasteiger partial charge in [-0.3, -0.25) is 9.59 Å². The van der Waals surface area contributed by atoms with E-state index in [2.05, 4.69) is 5.32 Å². The Morgan fingerprint density at radius 3 is 2.09 bits per heavy atom. The second-order valence-corrected chi connectivity index (χ2v) is 10.2. The average molecular weight is 475 g/mol. The molecule has 3 aromatic carbocycles. The zero-order valence-corrected chi connectivity index (χ0v) is 21.3. The SMILES string of the molecule is Cc1ccc(CC(=O)N(Cc2ccc(F)cc2)[C@H](Cc2ccccc2)C(=O)NC(C)(C)C)cc1C. The number of carbonyl (C=O) groups excluding carboxylic acids is 2. The summed E-state index contributed by atoms with van der Waals surface area (Å²) >= 11 is 0. The standard InChI is InChI=1S/C30H35FN2O2/c1-21-11-12-25(17-22(21)2)19-28(34)33(20-24-13-15-26(31)16-14-24)27(29(35)32-30(3,4)5)18-23-9-7-6-8-10-23/h6-17,27H,18-20H2,1-5H3,(H,32,35)/t27-/m1/s1. The third kappa shape index (κ3) is 7.78. The molecule has 3 rings (SSSR count). The minimum Gasteiger partial charge on any atom is -0.350 e. The first-order chi connectivity index (χ1) is 16.5. The van der Waals surface area contributed by atoms with Gasteiger partial charge in [-0.05, 0) is 74.6 Å². The predicted octanol–water partition coefficient (Wildman–Crippen LogP) is 5.54. The summed E-state index contributed by atoms with van der Waals surface area (Å²) in [4.78, 5) is 28.9. The Morgan fingerprint density at radius 2 is 1.49 bits per heavy atom. The molecule has 5 heteroatoms. The molecule has 3 aromatic rings. The van der Waals surface area contributed by atoms with Crippen molar-refractivity contribution < 1.29 is 14.0 Å². The molecule has 4 nitrogen and oxygen atoms in total. The lowest BCUT2D eigenvalue weighted by Crippen LogP contribution is -2.54. The molecule has 0 saturated carbocycles. The number of carbonyl (C=O) groups is 2. The van der Waals surface area contributed by atoms with E-state index in [1.165, 1.54) is 12.1 Å². The summed E-state index contributed by atoms with van der Waals surface area (Å²) in [5.74, 6) is -0.701. The fourth-order valence-corrected chi connectivity index (χ4v) is 3.98. The van der Waals surface area contributed by atoms with E-state index in [1.54, 1.807) is 17.0 Å². The van der Waals surface area contributed by atoms with Crippen LogP contribution in [0.5, 0.6) is 0 Å². The highest BCUT2D eigenvalue weighted by Gasteiger charge is 2.32. The van der Waals surface area contributed by atoms with E-state index in [0.29, 0.717) is 6.42 Å². The number of hydrogen-bond donors (Lipinski definition) is 1. The summed E-state index contributed by atoms with van der Waals surface area (Å²) in [5, 5.41) is 3.06. The molecule has 1 atom stereocenters. The van der Waals surface area contributed by atoms with Gasteiger partial charge in [0.15, 0.2) is 0 Å². The monoisotopic (exact) mass is 474 g/mol. The largest absolute Gasteiger partial charge is 0.350 e. The quantitative estimate of drug-likeness (QED) is 0.466. The number of benzene rings is 3. The van der Waals surface area contributed by atoms with E-state index in [-0.39, 0.29) is 30.6 Å². The maximum absolute atomic E-state index is 13.8. The van der Waals surface area contributed by atoms with Crippen molar-refractivity contribution >= 4 is 11.8 Å². The second-order valence-electron chi connectivity index (χ2n) is 10.2. The van der Waals surface area contributed by atoms with Gasteiger partial charge in [0.25, 0.3) is 0 Å². The molecule has 0 radical (unpaired) electrons. The topological polar surface area (TPSA) is 49.4 Å². The van der Waals surface area contributed by atoms with E-state index in [9.17, 15) is 14.0 Å². The summed E-state index contributed by atoms with van der Waals surface area (Å²) in [6, 6.07) is 21.0. The number of rotatable bonds is 8. The molecule has 0 aromatic heterocycles. The summed E-state index contributed by atoms with van der Waals surface area (Å²) in [7, 11) is 0. The van der Waals surface area contributed by atoms with Crippen LogP contribution in [0, 0.1) is 19.7 Å². The maximum Gasteiger partial charge on any atom is 0.243 e. The highest BCUT2D eigenvalue weighted by Crippen LogP contribution is 2.19. The van der Waals surface area contributed by atoms with Gasteiger partial charge in [0, 0.05) is 18.5 Å². The lowest BCUT2D eigenvalue weighted by Gasteiger charge is -2.34. The Kier molecular flexibility index (Phi) is 8.44. The van der Waals surface area contributed by atoms with Crippen molar-refractivity contribution in [2.24, 2.45) is 0 Å². The van der Waals surface area contributed by atoms with Crippen molar-refractivity contribution in [2.45, 2.75) is 65.6 Å². The van der Waals surface area contributed by atoms with Gasteiger partial charge in [-0.15, -0.1) is 0 Å². The van der Waals surface area contributed by atoms with Crippen molar-refractivity contribution in [2.75, 3.05) is 0 Å². The van der Waals surface area contributed by atoms with Crippen LogP contribution in [0.1, 0.15) is 48.6 Å². The Labute approximate surface area is 208 Å². The molecule has 0 bridgehead atoms. The molecule has 0 fully saturated rings. The van der Waals surface area contributed by atoms with Gasteiger partial charge >= 0.3 is 0 Å². The summed E-state index contributed by atoms with van der Waals surface area (Å²) in [6.07, 6.45) is 0.555. The Morgan fingerprint density at radius 1 is 0.857 bits per heavy atom. The van der Waals surface area contributed by atoms with Crippen LogP contribution < -0.4 is 5.32 Å². The first kappa shape index (κ1) is 26.1. The highest BCUT2D eigenvalue weighted by atomic mass is 19.1. The van der Waals surface area contributed by atoms with Crippen LogP contribution >= 0.6 is 0 Å². The smallest absolute Gasteiger partial charge is 0.243 e. The number of nitrogens with one attached hydrogen (secondary N) is 1. The average Bonchev–Trinajstić information content (AvgIpc) is 2.79. The third-order valence-electron chi connectivity index (χ3n) is 5.96. The molecule has 1 N–H and O–H groups in total. The van der Waals surface area contributed by atoms with Gasteiger partial charge in [0.2, 0.25) is 11.8 Å². The van der Waals surface area contributed by atoms with E-state index in [4.69, 9.17) is 0 Å². The molecular formula is C30H35FN2O2. The van der Waals surface area contributed by atoms with Gasteiger partial charge in [-0.2, -0.15) is 0 Å². The van der Waals surface area contributed by atoms with Crippen LogP contribution in [-0.4, -0.2) is 28.3 Å². The molecule has 0 aliphatic carbocycles. The van der Waals surface area contributed by atoms with Crippen molar-refractivity contribution in [3.63, 3.8) is 0 Å². The number of nitrogens with zero attached hydrogens (tertiary/aromatic N) is 1. The van der Waals surface area contributed by atoms with Gasteiger partial charge < -0.3 is 10.2 Å². The lowest BCUT2D eigenvalue weighted by molar-refractivity contribution is -0.141. The predicted molar refractivity (Wildman–Crippen MR) is 138 cm³/mol. The molecule has 2 amide bonds. The van der Waals surface area contributed by atoms with Gasteiger partial charge in [-0.25, -0.2) is 4.39 Å². The summed E-state index contributed by atoms with van der Waals surface area (Å²) < 4.78 is 13.6. The highest BCUT2D eigenvalue weighted by molar-refractivity contribution is 5.89. The van der Waals surface area contributed by atoms with Crippen LogP contribution in [0.3, 0.4) is 0 Å². The van der Waals surface area contributed by atoms with Crippen LogP contribution in [0.15, 0.2) is 72.8 Å². The lowest BCUT2D eigenvalue weighted by atomic mass is 9.99. The van der Waals surface area contributed by atoms with Crippen LogP contribution in [0.2, 0.25) is 0 Å². The van der Waals surface area contributed by atoms with E-state index < -0.39 is 11.6 Å². The molecule has 184 valence electrons. The van der Waals surface area contributed by atoms with Crippen LogP contribution in [-0.2, 0) is 29.0 Å². The normalized spacial score (nSPS) is 12.2. The van der Waals surface area contributed by atoms with Gasteiger partial charge in [0.1, 0.15) is 11.9 Å². The molecule has 0 saturated heterocycles. The van der Waals surface area contributed by atoms with Gasteiger partial charge in [-0.1, -0.05) is 60.7 Å². The van der Waals surface area contributed by atoms with Gasteiger partial charge in [0.05, 0.1) is 6.42 Å². The Hall–Kier alpha value is -3.47. The number of halogens is 1. The van der Waals surface area contributed by atoms with E-state index in [0.717, 1.165) is 27.8 Å². The zero-order chi connectivity index (χ0) is 25.6. The fraction of sp³-hybridized carbons (Fsp3) is 0.333. The molecule has 0 heterocycles. The van der Waals surface area contributed by atoms with Crippen molar-refractivity contribution in [1.82, 2.24) is 10.2 Å². The number of hydrogen-bond acceptors (Lipinski definition) is 2. The van der Waals surface area contributed by atoms with E-state index >= 15 is 0 Å². The first-order valence-electron chi connectivity index (χ1n) is 12.0. The maximum atomic E-state index is 13.8. The van der Waals surface area contributed by atoms with Crippen molar-refractivity contribution in [3.8, 4) is 0 Å². The third-order valence-corrected chi connectivity index (χ3v) is 5.96. The first-order valence-corrected chi connectivity index (χ1v) is 12.0. The Bertz CT molecular complexity index is 1150. The summed E-state index contributed by atoms with van der Waals surface area (Å²) in [6.45, 7) is 10.0. The zero-order valence-electron chi connectivity index (χ0n) is 21.3. The number of amides is 2. The molecule has 0 unspecified atom stereocenters. The van der Waals surface area contributed by atoms with Crippen molar-refractivity contribution in [3.05, 3.63) is 106 Å². The molecule has 0 aliphatic heterocycles. The summed E-state index contributed by atoms with van der Waals surface area (Å²) in [5.41, 5.74) is 4.45. The Balaban J connectivity index is 1.99. The molecule has 0 spiro atoms. The minimum atomic E-state index is -0.722. The molecular weight excluding hydrogens is 439 g/mol. The van der Waals surface area contributed by atoms with Crippen molar-refractivity contribution in [1.29, 1.82) is 0 Å². The minimum absolute atomic E-state index is 0.150.